The van der Waals surface area contributed by atoms with Crippen molar-refractivity contribution >= 4 is 5.69 Å². The van der Waals surface area contributed by atoms with Gasteiger partial charge in [0.1, 0.15) is 5.82 Å². The van der Waals surface area contributed by atoms with E-state index in [0.29, 0.717) is 18.3 Å². The van der Waals surface area contributed by atoms with Gasteiger partial charge in [-0.15, -0.1) is 0 Å². The molecular weight excluding hydrogens is 229 g/mol. The van der Waals surface area contributed by atoms with Crippen LogP contribution in [0.25, 0.3) is 0 Å². The number of hydrogen-bond acceptors (Lipinski definition) is 2. The summed E-state index contributed by atoms with van der Waals surface area (Å²) in [4.78, 5) is 0. The van der Waals surface area contributed by atoms with Gasteiger partial charge < -0.3 is 5.32 Å². The lowest BCUT2D eigenvalue weighted by Gasteiger charge is -2.07. The summed E-state index contributed by atoms with van der Waals surface area (Å²) in [5.41, 5.74) is 2.62. The van der Waals surface area contributed by atoms with Crippen molar-refractivity contribution < 1.29 is 4.39 Å². The SMILES string of the molecule is Cc1ccc(F)c(NCc2cnn(C(C)C)c2)c1. The highest BCUT2D eigenvalue weighted by atomic mass is 19.1. The van der Waals surface area contributed by atoms with Crippen LogP contribution in [0.5, 0.6) is 0 Å². The molecule has 0 amide bonds. The van der Waals surface area contributed by atoms with Crippen molar-refractivity contribution in [1.82, 2.24) is 9.78 Å². The minimum Gasteiger partial charge on any atom is -0.378 e. The largest absolute Gasteiger partial charge is 0.378 e. The molecule has 2 rings (SSSR count). The lowest BCUT2D eigenvalue weighted by molar-refractivity contribution is 0.532. The van der Waals surface area contributed by atoms with Crippen molar-refractivity contribution in [3.05, 3.63) is 47.5 Å². The van der Waals surface area contributed by atoms with Crippen LogP contribution in [0.1, 0.15) is 31.0 Å². The molecule has 96 valence electrons. The summed E-state index contributed by atoms with van der Waals surface area (Å²) in [5.74, 6) is -0.225. The van der Waals surface area contributed by atoms with Crippen LogP contribution in [0, 0.1) is 12.7 Å². The highest BCUT2D eigenvalue weighted by Gasteiger charge is 2.04. The Labute approximate surface area is 107 Å². The maximum absolute atomic E-state index is 13.5. The number of nitrogens with zero attached hydrogens (tertiary/aromatic N) is 2. The summed E-state index contributed by atoms with van der Waals surface area (Å²) in [7, 11) is 0. The summed E-state index contributed by atoms with van der Waals surface area (Å²) in [6.45, 7) is 6.67. The van der Waals surface area contributed by atoms with Crippen LogP contribution in [0.15, 0.2) is 30.6 Å². The van der Waals surface area contributed by atoms with Gasteiger partial charge in [0, 0.05) is 24.3 Å². The molecule has 0 spiro atoms. The first-order chi connectivity index (χ1) is 8.56. The van der Waals surface area contributed by atoms with Gasteiger partial charge in [-0.3, -0.25) is 4.68 Å². The average molecular weight is 247 g/mol. The molecule has 0 bridgehead atoms. The maximum atomic E-state index is 13.5. The first-order valence-electron chi connectivity index (χ1n) is 6.09. The zero-order valence-corrected chi connectivity index (χ0v) is 10.9. The molecule has 0 fully saturated rings. The second-order valence-corrected chi connectivity index (χ2v) is 4.76. The first kappa shape index (κ1) is 12.6. The summed E-state index contributed by atoms with van der Waals surface area (Å²) < 4.78 is 15.4. The highest BCUT2D eigenvalue weighted by Crippen LogP contribution is 2.16. The van der Waals surface area contributed by atoms with Crippen molar-refractivity contribution in [2.45, 2.75) is 33.4 Å². The van der Waals surface area contributed by atoms with E-state index in [-0.39, 0.29) is 5.82 Å². The molecule has 0 aliphatic carbocycles. The molecule has 0 atom stereocenters. The predicted octanol–water partition coefficient (Wildman–Crippen LogP) is 3.52. The third-order valence-electron chi connectivity index (χ3n) is 2.79. The van der Waals surface area contributed by atoms with Crippen LogP contribution in [0.2, 0.25) is 0 Å². The van der Waals surface area contributed by atoms with Gasteiger partial charge in [-0.25, -0.2) is 4.39 Å². The van der Waals surface area contributed by atoms with Gasteiger partial charge in [0.25, 0.3) is 0 Å². The second kappa shape index (κ2) is 5.21. The molecule has 1 heterocycles. The van der Waals surface area contributed by atoms with Crippen molar-refractivity contribution in [3.63, 3.8) is 0 Å². The molecule has 0 saturated carbocycles. The number of anilines is 1. The van der Waals surface area contributed by atoms with Crippen LogP contribution in [0.4, 0.5) is 10.1 Å². The fraction of sp³-hybridized carbons (Fsp3) is 0.357. The van der Waals surface area contributed by atoms with Crippen LogP contribution in [0.3, 0.4) is 0 Å². The van der Waals surface area contributed by atoms with Crippen LogP contribution in [-0.2, 0) is 6.54 Å². The fourth-order valence-electron chi connectivity index (χ4n) is 1.72. The third-order valence-corrected chi connectivity index (χ3v) is 2.79. The molecule has 0 unspecified atom stereocenters. The van der Waals surface area contributed by atoms with Gasteiger partial charge >= 0.3 is 0 Å². The molecule has 1 aromatic carbocycles. The molecular formula is C14H18FN3. The van der Waals surface area contributed by atoms with Crippen molar-refractivity contribution in [3.8, 4) is 0 Å². The molecule has 4 heteroatoms. The quantitative estimate of drug-likeness (QED) is 0.895. The Hall–Kier alpha value is -1.84. The number of rotatable bonds is 4. The standard InChI is InChI=1S/C14H18FN3/c1-10(2)18-9-12(8-17-18)7-16-14-6-11(3)4-5-13(14)15/h4-6,8-10,16H,7H2,1-3H3. The lowest BCUT2D eigenvalue weighted by atomic mass is 10.2. The van der Waals surface area contributed by atoms with Crippen LogP contribution < -0.4 is 5.32 Å². The zero-order chi connectivity index (χ0) is 13.1. The van der Waals surface area contributed by atoms with Crippen LogP contribution in [-0.4, -0.2) is 9.78 Å². The third kappa shape index (κ3) is 2.88. The molecule has 3 nitrogen and oxygen atoms in total. The minimum atomic E-state index is -0.225. The normalized spacial score (nSPS) is 10.9. The molecule has 1 N–H and O–H groups in total. The van der Waals surface area contributed by atoms with Crippen molar-refractivity contribution in [2.75, 3.05) is 5.32 Å². The fourth-order valence-corrected chi connectivity index (χ4v) is 1.72. The molecule has 1 aromatic heterocycles. The smallest absolute Gasteiger partial charge is 0.146 e. The molecule has 0 aliphatic rings. The summed E-state index contributed by atoms with van der Waals surface area (Å²) in [6, 6.07) is 5.39. The van der Waals surface area contributed by atoms with Gasteiger partial charge in [0.2, 0.25) is 0 Å². The van der Waals surface area contributed by atoms with E-state index >= 15 is 0 Å². The van der Waals surface area contributed by atoms with E-state index in [1.165, 1.54) is 6.07 Å². The Kier molecular flexibility index (Phi) is 3.65. The molecule has 2 aromatic rings. The predicted molar refractivity (Wildman–Crippen MR) is 71.1 cm³/mol. The number of halogens is 1. The minimum absolute atomic E-state index is 0.225. The van der Waals surface area contributed by atoms with Crippen molar-refractivity contribution in [2.24, 2.45) is 0 Å². The van der Waals surface area contributed by atoms with Crippen LogP contribution >= 0.6 is 0 Å². The summed E-state index contributed by atoms with van der Waals surface area (Å²) in [5, 5.41) is 7.34. The van der Waals surface area contributed by atoms with E-state index < -0.39 is 0 Å². The second-order valence-electron chi connectivity index (χ2n) is 4.76. The summed E-state index contributed by atoms with van der Waals surface area (Å²) >= 11 is 0. The van der Waals surface area contributed by atoms with Gasteiger partial charge in [0.15, 0.2) is 0 Å². The van der Waals surface area contributed by atoms with E-state index in [4.69, 9.17) is 0 Å². The van der Waals surface area contributed by atoms with E-state index in [1.807, 2.05) is 23.9 Å². The topological polar surface area (TPSA) is 29.9 Å². The Morgan fingerprint density at radius 2 is 2.17 bits per heavy atom. The van der Waals surface area contributed by atoms with E-state index in [0.717, 1.165) is 11.1 Å². The monoisotopic (exact) mass is 247 g/mol. The number of benzene rings is 1. The Bertz CT molecular complexity index is 532. The number of aromatic nitrogens is 2. The lowest BCUT2D eigenvalue weighted by Crippen LogP contribution is -2.02. The Morgan fingerprint density at radius 1 is 1.39 bits per heavy atom. The number of nitrogens with one attached hydrogen (secondary N) is 1. The highest BCUT2D eigenvalue weighted by molar-refractivity contribution is 5.47. The first-order valence-corrected chi connectivity index (χ1v) is 6.09. The zero-order valence-electron chi connectivity index (χ0n) is 10.9. The van der Waals surface area contributed by atoms with Gasteiger partial charge in [-0.2, -0.15) is 5.10 Å². The molecule has 18 heavy (non-hydrogen) atoms. The number of aryl methyl sites for hydroxylation is 1. The Balaban J connectivity index is 2.04. The average Bonchev–Trinajstić information content (AvgIpc) is 2.79. The molecule has 0 saturated heterocycles. The molecule has 0 aliphatic heterocycles. The van der Waals surface area contributed by atoms with Crippen molar-refractivity contribution in [1.29, 1.82) is 0 Å². The van der Waals surface area contributed by atoms with Gasteiger partial charge in [0.05, 0.1) is 11.9 Å². The van der Waals surface area contributed by atoms with Gasteiger partial charge in [-0.1, -0.05) is 6.07 Å². The maximum Gasteiger partial charge on any atom is 0.146 e. The van der Waals surface area contributed by atoms with E-state index in [2.05, 4.69) is 24.3 Å². The van der Waals surface area contributed by atoms with E-state index in [9.17, 15) is 4.39 Å². The molecule has 0 radical (unpaired) electrons. The summed E-state index contributed by atoms with van der Waals surface area (Å²) in [6.07, 6.45) is 3.78. The van der Waals surface area contributed by atoms with Gasteiger partial charge in [-0.05, 0) is 38.5 Å². The van der Waals surface area contributed by atoms with E-state index in [1.54, 1.807) is 12.3 Å². The number of hydrogen-bond donors (Lipinski definition) is 1. The Morgan fingerprint density at radius 3 is 2.83 bits per heavy atom.